The van der Waals surface area contributed by atoms with E-state index < -0.39 is 0 Å². The van der Waals surface area contributed by atoms with Crippen LogP contribution >= 0.6 is 11.6 Å². The highest BCUT2D eigenvalue weighted by atomic mass is 35.5. The van der Waals surface area contributed by atoms with E-state index >= 15 is 0 Å². The van der Waals surface area contributed by atoms with Crippen molar-refractivity contribution in [3.05, 3.63) is 34.9 Å². The average molecular weight is 310 g/mol. The molecule has 1 aliphatic rings. The summed E-state index contributed by atoms with van der Waals surface area (Å²) in [6, 6.07) is 8.09. The maximum absolute atomic E-state index is 11.3. The Morgan fingerprint density at radius 3 is 2.62 bits per heavy atom. The highest BCUT2D eigenvalue weighted by Crippen LogP contribution is 2.31. The predicted molar refractivity (Wildman–Crippen MR) is 86.0 cm³/mol. The molecule has 1 aromatic rings. The Kier molecular flexibility index (Phi) is 5.62. The lowest BCUT2D eigenvalue weighted by Crippen LogP contribution is -2.46. The van der Waals surface area contributed by atoms with Gasteiger partial charge in [0, 0.05) is 23.0 Å². The third-order valence-electron chi connectivity index (χ3n) is 4.39. The van der Waals surface area contributed by atoms with E-state index in [9.17, 15) is 4.79 Å². The van der Waals surface area contributed by atoms with Gasteiger partial charge in [-0.2, -0.15) is 0 Å². The molecule has 21 heavy (non-hydrogen) atoms. The van der Waals surface area contributed by atoms with Gasteiger partial charge in [0.2, 0.25) is 5.91 Å². The minimum atomic E-state index is -0.186. The summed E-state index contributed by atoms with van der Waals surface area (Å²) in [6.45, 7) is 3.79. The molecule has 2 unspecified atom stereocenters. The van der Waals surface area contributed by atoms with Crippen LogP contribution in [0.2, 0.25) is 5.02 Å². The molecule has 1 aliphatic heterocycles. The van der Waals surface area contributed by atoms with Crippen molar-refractivity contribution >= 4 is 17.5 Å². The molecule has 1 fully saturated rings. The SMILES string of the molecule is CCC(N)C(c1cccc(Cl)c1)N1CCC(C(N)=O)CC1. The standard InChI is InChI=1S/C16H24ClN3O/c1-2-14(18)15(12-4-3-5-13(17)10-12)20-8-6-11(7-9-20)16(19)21/h3-5,10-11,14-15H,2,6-9,18H2,1H3,(H2,19,21). The summed E-state index contributed by atoms with van der Waals surface area (Å²) >= 11 is 6.12. The van der Waals surface area contributed by atoms with Gasteiger partial charge in [0.1, 0.15) is 0 Å². The van der Waals surface area contributed by atoms with E-state index in [1.165, 1.54) is 0 Å². The number of nitrogens with two attached hydrogens (primary N) is 2. The van der Waals surface area contributed by atoms with Crippen molar-refractivity contribution in [2.45, 2.75) is 38.3 Å². The van der Waals surface area contributed by atoms with E-state index in [4.69, 9.17) is 23.1 Å². The minimum Gasteiger partial charge on any atom is -0.369 e. The Morgan fingerprint density at radius 1 is 1.43 bits per heavy atom. The molecule has 0 aromatic heterocycles. The fourth-order valence-electron chi connectivity index (χ4n) is 3.10. The Labute approximate surface area is 131 Å². The lowest BCUT2D eigenvalue weighted by Gasteiger charge is -2.39. The van der Waals surface area contributed by atoms with Crippen molar-refractivity contribution in [2.24, 2.45) is 17.4 Å². The molecule has 2 rings (SSSR count). The van der Waals surface area contributed by atoms with Gasteiger partial charge in [-0.3, -0.25) is 9.69 Å². The summed E-state index contributed by atoms with van der Waals surface area (Å²) in [5.41, 5.74) is 12.9. The van der Waals surface area contributed by atoms with Crippen LogP contribution in [0.25, 0.3) is 0 Å². The second-order valence-corrected chi connectivity index (χ2v) is 6.22. The monoisotopic (exact) mass is 309 g/mol. The molecule has 1 aromatic carbocycles. The number of carbonyl (C=O) groups is 1. The molecule has 5 heteroatoms. The Morgan fingerprint density at radius 2 is 2.10 bits per heavy atom. The minimum absolute atomic E-state index is 0.000822. The van der Waals surface area contributed by atoms with E-state index in [-0.39, 0.29) is 23.9 Å². The first-order valence-electron chi connectivity index (χ1n) is 7.57. The number of piperidine rings is 1. The van der Waals surface area contributed by atoms with Crippen LogP contribution in [0.5, 0.6) is 0 Å². The molecule has 4 nitrogen and oxygen atoms in total. The zero-order valence-corrected chi connectivity index (χ0v) is 13.2. The molecule has 116 valence electrons. The number of rotatable bonds is 5. The van der Waals surface area contributed by atoms with Gasteiger partial charge in [0.25, 0.3) is 0 Å². The molecule has 1 amide bonds. The number of likely N-dealkylation sites (tertiary alicyclic amines) is 1. The number of amides is 1. The van der Waals surface area contributed by atoms with Crippen LogP contribution < -0.4 is 11.5 Å². The summed E-state index contributed by atoms with van der Waals surface area (Å²) < 4.78 is 0. The summed E-state index contributed by atoms with van der Waals surface area (Å²) in [6.07, 6.45) is 2.51. The number of hydrogen-bond acceptors (Lipinski definition) is 3. The maximum atomic E-state index is 11.3. The molecular weight excluding hydrogens is 286 g/mol. The first-order chi connectivity index (χ1) is 10.0. The predicted octanol–water partition coefficient (Wildman–Crippen LogP) is 2.32. The fraction of sp³-hybridized carbons (Fsp3) is 0.562. The van der Waals surface area contributed by atoms with Gasteiger partial charge in [-0.15, -0.1) is 0 Å². The van der Waals surface area contributed by atoms with Crippen LogP contribution in [0.4, 0.5) is 0 Å². The second kappa shape index (κ2) is 7.25. The Balaban J connectivity index is 2.16. The average Bonchev–Trinajstić information content (AvgIpc) is 2.48. The third kappa shape index (κ3) is 3.96. The van der Waals surface area contributed by atoms with Gasteiger partial charge >= 0.3 is 0 Å². The molecule has 1 saturated heterocycles. The van der Waals surface area contributed by atoms with Gasteiger partial charge in [0.05, 0.1) is 0 Å². The normalized spacial score (nSPS) is 20.1. The molecule has 0 radical (unpaired) electrons. The second-order valence-electron chi connectivity index (χ2n) is 5.78. The number of nitrogens with zero attached hydrogens (tertiary/aromatic N) is 1. The van der Waals surface area contributed by atoms with Crippen LogP contribution in [0.3, 0.4) is 0 Å². The summed E-state index contributed by atoms with van der Waals surface area (Å²) in [7, 11) is 0. The highest BCUT2D eigenvalue weighted by Gasteiger charge is 2.31. The van der Waals surface area contributed by atoms with E-state index in [1.807, 2.05) is 18.2 Å². The van der Waals surface area contributed by atoms with Crippen molar-refractivity contribution < 1.29 is 4.79 Å². The van der Waals surface area contributed by atoms with E-state index in [0.29, 0.717) is 0 Å². The first kappa shape index (κ1) is 16.3. The Hall–Kier alpha value is -1.10. The zero-order chi connectivity index (χ0) is 15.4. The van der Waals surface area contributed by atoms with Gasteiger partial charge in [0.15, 0.2) is 0 Å². The number of halogens is 1. The van der Waals surface area contributed by atoms with Crippen molar-refractivity contribution in [3.8, 4) is 0 Å². The van der Waals surface area contributed by atoms with Crippen molar-refractivity contribution in [1.29, 1.82) is 0 Å². The highest BCUT2D eigenvalue weighted by molar-refractivity contribution is 6.30. The number of primary amides is 1. The Bertz CT molecular complexity index is 486. The van der Waals surface area contributed by atoms with Crippen LogP contribution in [0.15, 0.2) is 24.3 Å². The zero-order valence-electron chi connectivity index (χ0n) is 12.5. The van der Waals surface area contributed by atoms with Gasteiger partial charge in [-0.25, -0.2) is 0 Å². The van der Waals surface area contributed by atoms with Gasteiger partial charge < -0.3 is 11.5 Å². The fourth-order valence-corrected chi connectivity index (χ4v) is 3.30. The molecule has 0 saturated carbocycles. The van der Waals surface area contributed by atoms with Crippen LogP contribution in [0, 0.1) is 5.92 Å². The number of benzene rings is 1. The number of hydrogen-bond donors (Lipinski definition) is 2. The molecule has 1 heterocycles. The van der Waals surface area contributed by atoms with E-state index in [0.717, 1.165) is 42.9 Å². The lowest BCUT2D eigenvalue weighted by molar-refractivity contribution is -0.123. The van der Waals surface area contributed by atoms with Crippen molar-refractivity contribution in [2.75, 3.05) is 13.1 Å². The largest absolute Gasteiger partial charge is 0.369 e. The van der Waals surface area contributed by atoms with E-state index in [2.05, 4.69) is 17.9 Å². The van der Waals surface area contributed by atoms with Crippen molar-refractivity contribution in [1.82, 2.24) is 4.90 Å². The van der Waals surface area contributed by atoms with Gasteiger partial charge in [-0.1, -0.05) is 30.7 Å². The van der Waals surface area contributed by atoms with Crippen LogP contribution in [-0.2, 0) is 4.79 Å². The van der Waals surface area contributed by atoms with Crippen LogP contribution in [-0.4, -0.2) is 29.9 Å². The molecule has 0 aliphatic carbocycles. The first-order valence-corrected chi connectivity index (χ1v) is 7.95. The van der Waals surface area contributed by atoms with Crippen LogP contribution in [0.1, 0.15) is 37.8 Å². The molecule has 2 atom stereocenters. The van der Waals surface area contributed by atoms with Gasteiger partial charge in [-0.05, 0) is 50.0 Å². The molecule has 0 spiro atoms. The quantitative estimate of drug-likeness (QED) is 0.876. The molecule has 4 N–H and O–H groups in total. The lowest BCUT2D eigenvalue weighted by atomic mass is 9.90. The smallest absolute Gasteiger partial charge is 0.220 e. The summed E-state index contributed by atoms with van der Waals surface area (Å²) in [4.78, 5) is 13.7. The third-order valence-corrected chi connectivity index (χ3v) is 4.63. The number of carbonyl (C=O) groups excluding carboxylic acids is 1. The topological polar surface area (TPSA) is 72.3 Å². The maximum Gasteiger partial charge on any atom is 0.220 e. The molecular formula is C16H24ClN3O. The van der Waals surface area contributed by atoms with E-state index in [1.54, 1.807) is 0 Å². The summed E-state index contributed by atoms with van der Waals surface area (Å²) in [5, 5.41) is 0.729. The summed E-state index contributed by atoms with van der Waals surface area (Å²) in [5.74, 6) is -0.187. The molecule has 0 bridgehead atoms. The van der Waals surface area contributed by atoms with Crippen molar-refractivity contribution in [3.63, 3.8) is 0 Å².